The normalized spacial score (nSPS) is 18.2. The zero-order valence-electron chi connectivity index (χ0n) is 12.3. The second-order valence-electron chi connectivity index (χ2n) is 4.97. The highest BCUT2D eigenvalue weighted by Crippen LogP contribution is 2.29. The summed E-state index contributed by atoms with van der Waals surface area (Å²) in [6.45, 7) is 0.386. The molecule has 0 spiro atoms. The first-order valence-corrected chi connectivity index (χ1v) is 6.91. The van der Waals surface area contributed by atoms with Crippen molar-refractivity contribution in [3.8, 4) is 5.75 Å². The molecule has 0 radical (unpaired) electrons. The minimum Gasteiger partial charge on any atom is -0.406 e. The molecule has 1 aromatic carbocycles. The molecule has 0 saturated carbocycles. The maximum absolute atomic E-state index is 12.3. The number of halogens is 3. The number of nitrogens with one attached hydrogen (secondary N) is 2. The SMILES string of the molecule is CNCC(=O)NC1CCN(c2cccc(OC(F)(F)F)c2)C1=O. The molecule has 2 N–H and O–H groups in total. The summed E-state index contributed by atoms with van der Waals surface area (Å²) in [7, 11) is 1.61. The number of likely N-dealkylation sites (N-methyl/N-ethyl adjacent to an activating group) is 1. The summed E-state index contributed by atoms with van der Waals surface area (Å²) in [5, 5.41) is 5.25. The van der Waals surface area contributed by atoms with Crippen molar-refractivity contribution < 1.29 is 27.5 Å². The highest BCUT2D eigenvalue weighted by molar-refractivity contribution is 6.01. The number of nitrogens with zero attached hydrogens (tertiary/aromatic N) is 1. The molecule has 6 nitrogen and oxygen atoms in total. The minimum absolute atomic E-state index is 0.0820. The van der Waals surface area contributed by atoms with E-state index in [2.05, 4.69) is 15.4 Å². The van der Waals surface area contributed by atoms with Gasteiger partial charge in [-0.25, -0.2) is 0 Å². The summed E-state index contributed by atoms with van der Waals surface area (Å²) in [6, 6.07) is 4.51. The van der Waals surface area contributed by atoms with Crippen LogP contribution in [0.3, 0.4) is 0 Å². The van der Waals surface area contributed by atoms with Crippen molar-refractivity contribution in [2.24, 2.45) is 0 Å². The summed E-state index contributed by atoms with van der Waals surface area (Å²) in [4.78, 5) is 25.1. The Hall–Kier alpha value is -2.29. The number of benzene rings is 1. The second kappa shape index (κ2) is 6.86. The number of hydrogen-bond acceptors (Lipinski definition) is 4. The van der Waals surface area contributed by atoms with Gasteiger partial charge in [0.15, 0.2) is 0 Å². The van der Waals surface area contributed by atoms with Crippen LogP contribution in [0, 0.1) is 0 Å². The predicted molar refractivity (Wildman–Crippen MR) is 76.0 cm³/mol. The van der Waals surface area contributed by atoms with E-state index in [1.807, 2.05) is 0 Å². The maximum Gasteiger partial charge on any atom is 0.573 e. The van der Waals surface area contributed by atoms with E-state index in [4.69, 9.17) is 0 Å². The predicted octanol–water partition coefficient (Wildman–Crippen LogP) is 1.03. The van der Waals surface area contributed by atoms with E-state index in [0.29, 0.717) is 18.7 Å². The molecular weight excluding hydrogens is 315 g/mol. The Morgan fingerprint density at radius 2 is 2.17 bits per heavy atom. The topological polar surface area (TPSA) is 70.7 Å². The van der Waals surface area contributed by atoms with Crippen LogP contribution in [0.2, 0.25) is 0 Å². The first kappa shape index (κ1) is 17.1. The van der Waals surface area contributed by atoms with Gasteiger partial charge in [-0.05, 0) is 25.6 Å². The average Bonchev–Trinajstić information content (AvgIpc) is 2.79. The number of ether oxygens (including phenoxy) is 1. The molecule has 1 heterocycles. The average molecular weight is 331 g/mol. The molecule has 126 valence electrons. The van der Waals surface area contributed by atoms with Gasteiger partial charge in [-0.3, -0.25) is 9.59 Å². The van der Waals surface area contributed by atoms with Gasteiger partial charge in [0.1, 0.15) is 11.8 Å². The Bertz CT molecular complexity index is 592. The summed E-state index contributed by atoms with van der Waals surface area (Å²) >= 11 is 0. The van der Waals surface area contributed by atoms with Crippen LogP contribution >= 0.6 is 0 Å². The molecule has 1 saturated heterocycles. The van der Waals surface area contributed by atoms with Gasteiger partial charge < -0.3 is 20.3 Å². The van der Waals surface area contributed by atoms with Gasteiger partial charge in [0.25, 0.3) is 0 Å². The number of hydrogen-bond donors (Lipinski definition) is 2. The molecule has 2 amide bonds. The van der Waals surface area contributed by atoms with Crippen LogP contribution in [0.5, 0.6) is 5.75 Å². The smallest absolute Gasteiger partial charge is 0.406 e. The van der Waals surface area contributed by atoms with Crippen molar-refractivity contribution in [2.45, 2.75) is 18.8 Å². The molecule has 2 rings (SSSR count). The zero-order valence-corrected chi connectivity index (χ0v) is 12.3. The summed E-state index contributed by atoms with van der Waals surface area (Å²) in [6.07, 6.45) is -4.41. The Morgan fingerprint density at radius 1 is 1.43 bits per heavy atom. The lowest BCUT2D eigenvalue weighted by molar-refractivity contribution is -0.274. The van der Waals surface area contributed by atoms with Gasteiger partial charge in [0, 0.05) is 18.3 Å². The van der Waals surface area contributed by atoms with Crippen LogP contribution in [0.15, 0.2) is 24.3 Å². The van der Waals surface area contributed by atoms with Crippen molar-refractivity contribution >= 4 is 17.5 Å². The first-order valence-electron chi connectivity index (χ1n) is 6.91. The van der Waals surface area contributed by atoms with E-state index in [1.165, 1.54) is 17.0 Å². The fourth-order valence-electron chi connectivity index (χ4n) is 2.32. The quantitative estimate of drug-likeness (QED) is 0.845. The third-order valence-corrected chi connectivity index (χ3v) is 3.24. The Balaban J connectivity index is 2.07. The largest absolute Gasteiger partial charge is 0.573 e. The van der Waals surface area contributed by atoms with Gasteiger partial charge in [-0.1, -0.05) is 6.07 Å². The lowest BCUT2D eigenvalue weighted by atomic mass is 10.2. The fourth-order valence-corrected chi connectivity index (χ4v) is 2.32. The van der Waals surface area contributed by atoms with Crippen molar-refractivity contribution in [2.75, 3.05) is 25.0 Å². The molecule has 1 aromatic rings. The second-order valence-corrected chi connectivity index (χ2v) is 4.97. The van der Waals surface area contributed by atoms with Crippen LogP contribution in [0.1, 0.15) is 6.42 Å². The van der Waals surface area contributed by atoms with Crippen molar-refractivity contribution in [3.63, 3.8) is 0 Å². The number of carbonyl (C=O) groups is 2. The van der Waals surface area contributed by atoms with E-state index in [9.17, 15) is 22.8 Å². The van der Waals surface area contributed by atoms with E-state index < -0.39 is 18.2 Å². The lowest BCUT2D eigenvalue weighted by Crippen LogP contribution is -2.44. The standard InChI is InChI=1S/C14H16F3N3O3/c1-18-8-12(21)19-11-5-6-20(13(11)22)9-3-2-4-10(7-9)23-14(15,16)17/h2-4,7,11,18H,5-6,8H2,1H3,(H,19,21). The van der Waals surface area contributed by atoms with Crippen LogP contribution in [0.25, 0.3) is 0 Å². The number of amides is 2. The molecule has 0 aromatic heterocycles. The fraction of sp³-hybridized carbons (Fsp3) is 0.429. The van der Waals surface area contributed by atoms with E-state index in [1.54, 1.807) is 7.05 Å². The summed E-state index contributed by atoms with van der Waals surface area (Å²) < 4.78 is 40.6. The molecule has 1 aliphatic rings. The van der Waals surface area contributed by atoms with Gasteiger partial charge in [0.2, 0.25) is 11.8 Å². The van der Waals surface area contributed by atoms with Gasteiger partial charge in [0.05, 0.1) is 6.54 Å². The number of anilines is 1. The zero-order chi connectivity index (χ0) is 17.0. The van der Waals surface area contributed by atoms with E-state index in [0.717, 1.165) is 12.1 Å². The molecule has 1 atom stereocenters. The molecule has 0 bridgehead atoms. The molecule has 1 unspecified atom stereocenters. The third kappa shape index (κ3) is 4.59. The Morgan fingerprint density at radius 3 is 2.83 bits per heavy atom. The highest BCUT2D eigenvalue weighted by atomic mass is 19.4. The van der Waals surface area contributed by atoms with Gasteiger partial charge in [-0.2, -0.15) is 0 Å². The van der Waals surface area contributed by atoms with E-state index in [-0.39, 0.29) is 18.4 Å². The Kier molecular flexibility index (Phi) is 5.09. The molecule has 23 heavy (non-hydrogen) atoms. The molecule has 1 fully saturated rings. The molecule has 9 heteroatoms. The van der Waals surface area contributed by atoms with Crippen LogP contribution in [-0.4, -0.2) is 44.4 Å². The van der Waals surface area contributed by atoms with Crippen LogP contribution < -0.4 is 20.3 Å². The molecule has 0 aliphatic carbocycles. The van der Waals surface area contributed by atoms with Crippen molar-refractivity contribution in [1.82, 2.24) is 10.6 Å². The number of rotatable bonds is 5. The molecular formula is C14H16F3N3O3. The van der Waals surface area contributed by atoms with Crippen LogP contribution in [0.4, 0.5) is 18.9 Å². The summed E-state index contributed by atoms with van der Waals surface area (Å²) in [5.74, 6) is -1.08. The van der Waals surface area contributed by atoms with Crippen molar-refractivity contribution in [3.05, 3.63) is 24.3 Å². The van der Waals surface area contributed by atoms with Gasteiger partial charge >= 0.3 is 6.36 Å². The third-order valence-electron chi connectivity index (χ3n) is 3.24. The van der Waals surface area contributed by atoms with Gasteiger partial charge in [-0.15, -0.1) is 13.2 Å². The minimum atomic E-state index is -4.79. The first-order chi connectivity index (χ1) is 10.8. The monoisotopic (exact) mass is 331 g/mol. The lowest BCUT2D eigenvalue weighted by Gasteiger charge is -2.18. The maximum atomic E-state index is 12.3. The van der Waals surface area contributed by atoms with E-state index >= 15 is 0 Å². The molecule has 1 aliphatic heterocycles. The number of carbonyl (C=O) groups excluding carboxylic acids is 2. The number of alkyl halides is 3. The van der Waals surface area contributed by atoms with Crippen LogP contribution in [-0.2, 0) is 9.59 Å². The van der Waals surface area contributed by atoms with Crippen molar-refractivity contribution in [1.29, 1.82) is 0 Å². The highest BCUT2D eigenvalue weighted by Gasteiger charge is 2.34. The Labute approximate surface area is 130 Å². The summed E-state index contributed by atoms with van der Waals surface area (Å²) in [5.41, 5.74) is 0.294.